The normalized spacial score (nSPS) is 11.3. The summed E-state index contributed by atoms with van der Waals surface area (Å²) >= 11 is 0. The number of halogens is 1. The maximum absolute atomic E-state index is 9.97. The average Bonchev–Trinajstić information content (AvgIpc) is 2.16. The van der Waals surface area contributed by atoms with Crippen LogP contribution in [0, 0.1) is 0 Å². The van der Waals surface area contributed by atoms with Gasteiger partial charge in [0.25, 0.3) is 0 Å². The molecule has 0 aromatic heterocycles. The fourth-order valence-electron chi connectivity index (χ4n) is 0.600. The van der Waals surface area contributed by atoms with E-state index in [2.05, 4.69) is 11.5 Å². The topological polar surface area (TPSA) is 218 Å². The van der Waals surface area contributed by atoms with Crippen LogP contribution in [0.25, 0.3) is 0 Å². The van der Waals surface area contributed by atoms with Crippen LogP contribution in [-0.4, -0.2) is 58.9 Å². The summed E-state index contributed by atoms with van der Waals surface area (Å²) in [5.74, 6) is -4.42. The van der Waals surface area contributed by atoms with E-state index in [1.165, 1.54) is 0 Å². The van der Waals surface area contributed by atoms with Crippen LogP contribution in [0.1, 0.15) is 12.8 Å². The van der Waals surface area contributed by atoms with Crippen LogP contribution in [0.15, 0.2) is 0 Å². The van der Waals surface area contributed by atoms with Gasteiger partial charge in [-0.3, -0.25) is 9.59 Å². The molecule has 20 heavy (non-hydrogen) atoms. The van der Waals surface area contributed by atoms with Crippen LogP contribution in [0.3, 0.4) is 0 Å². The molecule has 8 N–H and O–H groups in total. The first-order chi connectivity index (χ1) is 8.07. The summed E-state index contributed by atoms with van der Waals surface area (Å²) in [4.78, 5) is 39.5. The van der Waals surface area contributed by atoms with Gasteiger partial charge in [0.2, 0.25) is 11.8 Å². The predicted octanol–water partition coefficient (Wildman–Crippen LogP) is -6.08. The van der Waals surface area contributed by atoms with Gasteiger partial charge in [0.05, 0.1) is 24.0 Å². The molecule has 0 aliphatic carbocycles. The van der Waals surface area contributed by atoms with E-state index in [0.717, 1.165) is 0 Å². The monoisotopic (exact) mass is 322 g/mol. The van der Waals surface area contributed by atoms with Crippen molar-refractivity contribution in [2.45, 2.75) is 24.9 Å². The van der Waals surface area contributed by atoms with Crippen LogP contribution >= 0.6 is 12.4 Å². The molecule has 12 heteroatoms. The van der Waals surface area contributed by atoms with Gasteiger partial charge in [-0.2, -0.15) is 0 Å². The molecule has 0 aliphatic heterocycles. The van der Waals surface area contributed by atoms with Crippen molar-refractivity contribution in [2.24, 2.45) is 22.9 Å². The number of hydrogen-bond donors (Lipinski definition) is 4. The fourth-order valence-corrected chi connectivity index (χ4v) is 0.600. The van der Waals surface area contributed by atoms with Crippen molar-refractivity contribution in [3.8, 4) is 0 Å². The zero-order valence-electron chi connectivity index (χ0n) is 10.4. The van der Waals surface area contributed by atoms with E-state index >= 15 is 0 Å². The number of carboxylic acid groups (broad SMARTS) is 2. The average molecular weight is 323 g/mol. The molecule has 112 valence electrons. The molecule has 0 spiro atoms. The van der Waals surface area contributed by atoms with Crippen molar-refractivity contribution in [3.63, 3.8) is 0 Å². The SMILES string of the molecule is Cl.NC(=O)CC(N)C(=O)[O-].NC(=O)CC(N)C(=O)[O-].[Mg+2]. The Bertz CT molecular complexity index is 311. The minimum atomic E-state index is -1.46. The van der Waals surface area contributed by atoms with Crippen molar-refractivity contribution < 1.29 is 29.4 Å². The maximum Gasteiger partial charge on any atom is 2.00 e. The summed E-state index contributed by atoms with van der Waals surface area (Å²) < 4.78 is 0. The molecule has 0 aromatic carbocycles. The van der Waals surface area contributed by atoms with Gasteiger partial charge in [-0.25, -0.2) is 0 Å². The molecule has 0 aromatic rings. The van der Waals surface area contributed by atoms with E-state index in [1.54, 1.807) is 0 Å². The molecule has 2 atom stereocenters. The molecular weight excluding hydrogens is 308 g/mol. The number of carbonyl (C=O) groups excluding carboxylic acids is 4. The second-order valence-corrected chi connectivity index (χ2v) is 3.19. The quantitative estimate of drug-likeness (QED) is 0.344. The third-order valence-corrected chi connectivity index (χ3v) is 1.45. The Kier molecular flexibility index (Phi) is 19.4. The van der Waals surface area contributed by atoms with Crippen molar-refractivity contribution >= 4 is 59.2 Å². The zero-order valence-corrected chi connectivity index (χ0v) is 12.7. The molecule has 0 saturated carbocycles. The van der Waals surface area contributed by atoms with Gasteiger partial charge in [0, 0.05) is 12.8 Å². The summed E-state index contributed by atoms with van der Waals surface area (Å²) in [7, 11) is 0. The van der Waals surface area contributed by atoms with Crippen LogP contribution in [0.2, 0.25) is 0 Å². The standard InChI is InChI=1S/2C4H8N2O3.ClH.Mg/c2*5-2(4(8)9)1-3(6)7;;/h2*2H,1,5H2,(H2,6,7)(H,8,9);1H;/q;;;+2/p-2. The maximum atomic E-state index is 9.97. The van der Waals surface area contributed by atoms with E-state index in [-0.39, 0.29) is 48.3 Å². The summed E-state index contributed by atoms with van der Waals surface area (Å²) in [6, 6.07) is -2.55. The largest absolute Gasteiger partial charge is 2.00 e. The van der Waals surface area contributed by atoms with E-state index in [1.807, 2.05) is 0 Å². The molecule has 0 radical (unpaired) electrons. The third-order valence-electron chi connectivity index (χ3n) is 1.45. The number of carbonyl (C=O) groups is 4. The Labute approximate surface area is 136 Å². The van der Waals surface area contributed by atoms with Crippen molar-refractivity contribution in [3.05, 3.63) is 0 Å². The molecule has 0 fully saturated rings. The van der Waals surface area contributed by atoms with Gasteiger partial charge in [0.15, 0.2) is 0 Å². The van der Waals surface area contributed by atoms with Gasteiger partial charge < -0.3 is 42.7 Å². The summed E-state index contributed by atoms with van der Waals surface area (Å²) in [6.07, 6.45) is -0.745. The fraction of sp³-hybridized carbons (Fsp3) is 0.500. The Morgan fingerprint density at radius 3 is 1.05 bits per heavy atom. The first-order valence-electron chi connectivity index (χ1n) is 4.57. The van der Waals surface area contributed by atoms with Crippen LogP contribution in [0.4, 0.5) is 0 Å². The molecule has 0 heterocycles. The van der Waals surface area contributed by atoms with Crippen molar-refractivity contribution in [1.82, 2.24) is 0 Å². The van der Waals surface area contributed by atoms with Gasteiger partial charge in [-0.1, -0.05) is 0 Å². The number of carboxylic acids is 2. The molecule has 0 rings (SSSR count). The Hall–Kier alpha value is -1.14. The number of hydrogen-bond acceptors (Lipinski definition) is 8. The summed E-state index contributed by atoms with van der Waals surface area (Å²) in [5, 5.41) is 19.6. The molecule has 0 bridgehead atoms. The number of rotatable bonds is 6. The number of primary amides is 2. The van der Waals surface area contributed by atoms with E-state index in [9.17, 15) is 29.4 Å². The molecule has 10 nitrogen and oxygen atoms in total. The second-order valence-electron chi connectivity index (χ2n) is 3.19. The first-order valence-corrected chi connectivity index (χ1v) is 4.57. The number of amides is 2. The Balaban J connectivity index is -0.000000116. The van der Waals surface area contributed by atoms with Gasteiger partial charge >= 0.3 is 23.1 Å². The number of nitrogens with two attached hydrogens (primary N) is 4. The third kappa shape index (κ3) is 19.2. The van der Waals surface area contributed by atoms with Gasteiger partial charge in [-0.05, 0) is 0 Å². The molecule has 0 aliphatic rings. The van der Waals surface area contributed by atoms with Crippen molar-refractivity contribution in [2.75, 3.05) is 0 Å². The predicted molar refractivity (Wildman–Crippen MR) is 66.6 cm³/mol. The molecule has 2 unspecified atom stereocenters. The van der Waals surface area contributed by atoms with E-state index in [4.69, 9.17) is 11.5 Å². The zero-order chi connectivity index (χ0) is 14.9. The van der Waals surface area contributed by atoms with E-state index in [0.29, 0.717) is 0 Å². The minimum absolute atomic E-state index is 0. The Morgan fingerprint density at radius 2 is 1.00 bits per heavy atom. The van der Waals surface area contributed by atoms with Crippen LogP contribution < -0.4 is 33.1 Å². The van der Waals surface area contributed by atoms with Crippen LogP contribution in [0.5, 0.6) is 0 Å². The van der Waals surface area contributed by atoms with Gasteiger partial charge in [-0.15, -0.1) is 12.4 Å². The first kappa shape index (κ1) is 27.2. The van der Waals surface area contributed by atoms with Gasteiger partial charge in [0.1, 0.15) is 0 Å². The van der Waals surface area contributed by atoms with Crippen LogP contribution in [-0.2, 0) is 19.2 Å². The van der Waals surface area contributed by atoms with Crippen molar-refractivity contribution in [1.29, 1.82) is 0 Å². The Morgan fingerprint density at radius 1 is 0.800 bits per heavy atom. The second kappa shape index (κ2) is 14.3. The molecule has 2 amide bonds. The molecule has 0 saturated heterocycles. The minimum Gasteiger partial charge on any atom is -0.548 e. The summed E-state index contributed by atoms with van der Waals surface area (Å²) in [5.41, 5.74) is 19.0. The smallest absolute Gasteiger partial charge is 0.548 e. The number of aliphatic carboxylic acids is 2. The molecular formula is C8H15ClMgN4O6. The summed E-state index contributed by atoms with van der Waals surface area (Å²) in [6.45, 7) is 0. The van der Waals surface area contributed by atoms with E-state index < -0.39 is 35.8 Å².